The Labute approximate surface area is 118 Å². The first-order chi connectivity index (χ1) is 9.42. The number of nitrogen functional groups attached to an aromatic ring is 1. The Bertz CT molecular complexity index is 496. The van der Waals surface area contributed by atoms with E-state index in [1.54, 1.807) is 25.6 Å². The molecular formula is C13H22N4O3. The molecule has 1 heterocycles. The van der Waals surface area contributed by atoms with Crippen LogP contribution in [0.3, 0.4) is 0 Å². The molecule has 1 amide bonds. The zero-order valence-corrected chi connectivity index (χ0v) is 12.5. The van der Waals surface area contributed by atoms with Crippen LogP contribution in [0.2, 0.25) is 0 Å². The van der Waals surface area contributed by atoms with Gasteiger partial charge in [0.25, 0.3) is 5.91 Å². The van der Waals surface area contributed by atoms with Crippen LogP contribution in [-0.4, -0.2) is 46.8 Å². The molecule has 0 unspecified atom stereocenters. The fourth-order valence-corrected chi connectivity index (χ4v) is 1.82. The number of hydrogen-bond donors (Lipinski definition) is 1. The summed E-state index contributed by atoms with van der Waals surface area (Å²) in [5.41, 5.74) is 7.29. The molecule has 1 aromatic heterocycles. The van der Waals surface area contributed by atoms with Crippen LogP contribution >= 0.6 is 0 Å². The molecule has 0 aliphatic rings. The van der Waals surface area contributed by atoms with Crippen molar-refractivity contribution in [2.45, 2.75) is 33.7 Å². The summed E-state index contributed by atoms with van der Waals surface area (Å²) in [4.78, 5) is 25.1. The van der Waals surface area contributed by atoms with Crippen molar-refractivity contribution in [3.05, 3.63) is 11.4 Å². The number of carbonyl (C=O) groups excluding carboxylic acids is 2. The number of rotatable bonds is 6. The highest BCUT2D eigenvalue weighted by molar-refractivity contribution is 5.98. The summed E-state index contributed by atoms with van der Waals surface area (Å²) < 4.78 is 6.41. The van der Waals surface area contributed by atoms with Crippen LogP contribution in [0.15, 0.2) is 0 Å². The Morgan fingerprint density at radius 2 is 2.05 bits per heavy atom. The van der Waals surface area contributed by atoms with Crippen LogP contribution in [0.5, 0.6) is 0 Å². The highest BCUT2D eigenvalue weighted by Crippen LogP contribution is 2.18. The number of aromatic nitrogens is 2. The van der Waals surface area contributed by atoms with Gasteiger partial charge in [-0.25, -0.2) is 0 Å². The predicted molar refractivity (Wildman–Crippen MR) is 75.3 cm³/mol. The van der Waals surface area contributed by atoms with E-state index in [4.69, 9.17) is 10.5 Å². The molecular weight excluding hydrogens is 260 g/mol. The monoisotopic (exact) mass is 282 g/mol. The van der Waals surface area contributed by atoms with Gasteiger partial charge in [0.15, 0.2) is 0 Å². The average Bonchev–Trinajstić information content (AvgIpc) is 2.71. The number of hydrogen-bond acceptors (Lipinski definition) is 5. The Morgan fingerprint density at radius 1 is 1.40 bits per heavy atom. The van der Waals surface area contributed by atoms with E-state index in [9.17, 15) is 9.59 Å². The number of anilines is 1. The predicted octanol–water partition coefficient (Wildman–Crippen LogP) is 0.819. The Balaban J connectivity index is 2.77. The molecule has 0 fully saturated rings. The van der Waals surface area contributed by atoms with E-state index in [1.165, 1.54) is 4.90 Å². The van der Waals surface area contributed by atoms with Gasteiger partial charge in [-0.2, -0.15) is 5.10 Å². The molecule has 0 saturated heterocycles. The number of aryl methyl sites for hydroxylation is 2. The maximum absolute atomic E-state index is 12.4. The third kappa shape index (κ3) is 3.49. The smallest absolute Gasteiger partial charge is 0.307 e. The Morgan fingerprint density at radius 3 is 2.60 bits per heavy atom. The minimum atomic E-state index is -0.319. The minimum absolute atomic E-state index is 0.162. The molecule has 0 aliphatic heterocycles. The van der Waals surface area contributed by atoms with Gasteiger partial charge in [-0.15, -0.1) is 0 Å². The summed E-state index contributed by atoms with van der Waals surface area (Å²) in [6.45, 7) is 6.58. The fraction of sp³-hybridized carbons (Fsp3) is 0.615. The molecule has 1 aromatic rings. The van der Waals surface area contributed by atoms with Gasteiger partial charge in [0.1, 0.15) is 5.69 Å². The molecule has 112 valence electrons. The molecule has 7 nitrogen and oxygen atoms in total. The number of esters is 1. The molecule has 0 aliphatic carbocycles. The summed E-state index contributed by atoms with van der Waals surface area (Å²) >= 11 is 0. The average molecular weight is 282 g/mol. The summed E-state index contributed by atoms with van der Waals surface area (Å²) in [6, 6.07) is 0. The maximum Gasteiger partial charge on any atom is 0.307 e. The van der Waals surface area contributed by atoms with Crippen molar-refractivity contribution in [3.8, 4) is 0 Å². The van der Waals surface area contributed by atoms with Crippen LogP contribution < -0.4 is 5.73 Å². The zero-order chi connectivity index (χ0) is 15.3. The lowest BCUT2D eigenvalue weighted by molar-refractivity contribution is -0.143. The SMILES string of the molecule is CCOC(=O)CCN(C)C(=O)c1c(N)c(C)nn1CC. The molecule has 20 heavy (non-hydrogen) atoms. The first-order valence-corrected chi connectivity index (χ1v) is 6.66. The number of nitrogens with zero attached hydrogens (tertiary/aromatic N) is 3. The highest BCUT2D eigenvalue weighted by Gasteiger charge is 2.22. The second kappa shape index (κ2) is 6.93. The highest BCUT2D eigenvalue weighted by atomic mass is 16.5. The number of amides is 1. The molecule has 1 rings (SSSR count). The normalized spacial score (nSPS) is 10.4. The van der Waals surface area contributed by atoms with Gasteiger partial charge in [0.05, 0.1) is 24.4 Å². The van der Waals surface area contributed by atoms with Gasteiger partial charge < -0.3 is 15.4 Å². The van der Waals surface area contributed by atoms with E-state index in [2.05, 4.69) is 5.10 Å². The van der Waals surface area contributed by atoms with Crippen molar-refractivity contribution in [2.75, 3.05) is 25.9 Å². The Kier molecular flexibility index (Phi) is 5.54. The third-order valence-corrected chi connectivity index (χ3v) is 2.98. The number of nitrogens with two attached hydrogens (primary N) is 1. The summed E-state index contributed by atoms with van der Waals surface area (Å²) in [6.07, 6.45) is 0.162. The van der Waals surface area contributed by atoms with Gasteiger partial charge in [-0.3, -0.25) is 14.3 Å². The first-order valence-electron chi connectivity index (χ1n) is 6.66. The quantitative estimate of drug-likeness (QED) is 0.780. The number of carbonyl (C=O) groups is 2. The topological polar surface area (TPSA) is 90.4 Å². The largest absolute Gasteiger partial charge is 0.466 e. The first kappa shape index (κ1) is 16.0. The number of ether oxygens (including phenoxy) is 1. The van der Waals surface area contributed by atoms with Crippen LogP contribution in [0.1, 0.15) is 36.5 Å². The van der Waals surface area contributed by atoms with E-state index < -0.39 is 0 Å². The van der Waals surface area contributed by atoms with Crippen molar-refractivity contribution in [3.63, 3.8) is 0 Å². The lowest BCUT2D eigenvalue weighted by Crippen LogP contribution is -2.31. The van der Waals surface area contributed by atoms with Crippen molar-refractivity contribution >= 4 is 17.6 Å². The van der Waals surface area contributed by atoms with Gasteiger partial charge in [0, 0.05) is 20.1 Å². The van der Waals surface area contributed by atoms with E-state index in [0.717, 1.165) is 0 Å². The van der Waals surface area contributed by atoms with Gasteiger partial charge >= 0.3 is 5.97 Å². The molecule has 0 spiro atoms. The summed E-state index contributed by atoms with van der Waals surface area (Å²) in [7, 11) is 1.63. The van der Waals surface area contributed by atoms with E-state index in [1.807, 2.05) is 6.92 Å². The van der Waals surface area contributed by atoms with Gasteiger partial charge in [0.2, 0.25) is 0 Å². The van der Waals surface area contributed by atoms with Gasteiger partial charge in [-0.05, 0) is 20.8 Å². The van der Waals surface area contributed by atoms with E-state index >= 15 is 0 Å². The lowest BCUT2D eigenvalue weighted by atomic mass is 10.2. The van der Waals surface area contributed by atoms with Crippen molar-refractivity contribution in [2.24, 2.45) is 0 Å². The summed E-state index contributed by atoms with van der Waals surface area (Å²) in [5.74, 6) is -0.561. The molecule has 2 N–H and O–H groups in total. The zero-order valence-electron chi connectivity index (χ0n) is 12.5. The second-order valence-electron chi connectivity index (χ2n) is 4.45. The van der Waals surface area contributed by atoms with Crippen molar-refractivity contribution in [1.82, 2.24) is 14.7 Å². The van der Waals surface area contributed by atoms with E-state index in [0.29, 0.717) is 30.2 Å². The second-order valence-corrected chi connectivity index (χ2v) is 4.45. The Hall–Kier alpha value is -2.05. The lowest BCUT2D eigenvalue weighted by Gasteiger charge is -2.17. The fourth-order valence-electron chi connectivity index (χ4n) is 1.82. The maximum atomic E-state index is 12.4. The van der Waals surface area contributed by atoms with Crippen LogP contribution in [0, 0.1) is 6.92 Å². The van der Waals surface area contributed by atoms with Crippen LogP contribution in [0.4, 0.5) is 5.69 Å². The molecule has 0 atom stereocenters. The van der Waals surface area contributed by atoms with Crippen molar-refractivity contribution in [1.29, 1.82) is 0 Å². The summed E-state index contributed by atoms with van der Waals surface area (Å²) in [5, 5.41) is 4.21. The standard InChI is InChI=1S/C13H22N4O3/c1-5-17-12(11(14)9(3)15-17)13(19)16(4)8-7-10(18)20-6-2/h5-8,14H2,1-4H3. The molecule has 0 saturated carbocycles. The molecule has 0 bridgehead atoms. The molecule has 0 radical (unpaired) electrons. The molecule has 0 aromatic carbocycles. The van der Waals surface area contributed by atoms with Crippen LogP contribution in [0.25, 0.3) is 0 Å². The van der Waals surface area contributed by atoms with Gasteiger partial charge in [-0.1, -0.05) is 0 Å². The van der Waals surface area contributed by atoms with E-state index in [-0.39, 0.29) is 24.8 Å². The minimum Gasteiger partial charge on any atom is -0.466 e. The third-order valence-electron chi connectivity index (χ3n) is 2.98. The van der Waals surface area contributed by atoms with Crippen molar-refractivity contribution < 1.29 is 14.3 Å². The van der Waals surface area contributed by atoms with Crippen LogP contribution in [-0.2, 0) is 16.1 Å². The molecule has 7 heteroatoms.